The van der Waals surface area contributed by atoms with Crippen LogP contribution in [0.2, 0.25) is 0 Å². The van der Waals surface area contributed by atoms with Crippen LogP contribution in [0.25, 0.3) is 0 Å². The molecule has 0 bridgehead atoms. The van der Waals surface area contributed by atoms with Crippen molar-refractivity contribution in [1.29, 1.82) is 0 Å². The third kappa shape index (κ3) is 4.67. The van der Waals surface area contributed by atoms with Gasteiger partial charge in [-0.05, 0) is 19.1 Å². The maximum absolute atomic E-state index is 5.90. The van der Waals surface area contributed by atoms with Crippen LogP contribution in [0.5, 0.6) is 11.5 Å². The van der Waals surface area contributed by atoms with Crippen molar-refractivity contribution in [2.75, 3.05) is 40.0 Å². The first-order valence-corrected chi connectivity index (χ1v) is 7.11. The molecule has 0 aliphatic carbocycles. The summed E-state index contributed by atoms with van der Waals surface area (Å²) < 4.78 is 16.6. The highest BCUT2D eigenvalue weighted by Gasteiger charge is 2.20. The lowest BCUT2D eigenvalue weighted by Crippen LogP contribution is -2.45. The van der Waals surface area contributed by atoms with E-state index >= 15 is 0 Å². The molecule has 20 heavy (non-hydrogen) atoms. The minimum absolute atomic E-state index is 0.0614. The smallest absolute Gasteiger partial charge is 0.161 e. The summed E-state index contributed by atoms with van der Waals surface area (Å²) in [7, 11) is 1.71. The molecule has 5 heteroatoms. The van der Waals surface area contributed by atoms with E-state index in [1.807, 2.05) is 24.3 Å². The lowest BCUT2D eigenvalue weighted by atomic mass is 10.2. The number of benzene rings is 1. The van der Waals surface area contributed by atoms with Crippen molar-refractivity contribution < 1.29 is 14.2 Å². The molecule has 2 atom stereocenters. The predicted octanol–water partition coefficient (Wildman–Crippen LogP) is 1.04. The summed E-state index contributed by atoms with van der Waals surface area (Å²) in [6.45, 7) is 6.04. The first kappa shape index (κ1) is 15.1. The Morgan fingerprint density at radius 3 is 2.95 bits per heavy atom. The Hall–Kier alpha value is -1.30. The van der Waals surface area contributed by atoms with Gasteiger partial charge < -0.3 is 24.8 Å². The van der Waals surface area contributed by atoms with Crippen molar-refractivity contribution in [2.45, 2.75) is 19.1 Å². The Morgan fingerprint density at radius 2 is 2.15 bits per heavy atom. The van der Waals surface area contributed by atoms with Crippen molar-refractivity contribution in [3.63, 3.8) is 0 Å². The quantitative estimate of drug-likeness (QED) is 0.697. The normalized spacial score (nSPS) is 18.8. The Morgan fingerprint density at radius 1 is 1.35 bits per heavy atom. The molecule has 0 radical (unpaired) electrons. The summed E-state index contributed by atoms with van der Waals surface area (Å²) in [6.07, 6.45) is 0.0614. The van der Waals surface area contributed by atoms with Gasteiger partial charge in [-0.1, -0.05) is 12.1 Å². The number of nitrogens with one attached hydrogen (secondary N) is 2. The van der Waals surface area contributed by atoms with Gasteiger partial charge in [-0.2, -0.15) is 0 Å². The Labute approximate surface area is 120 Å². The number of hydrogen-bond donors (Lipinski definition) is 2. The van der Waals surface area contributed by atoms with E-state index in [9.17, 15) is 0 Å². The molecule has 0 saturated heterocycles. The molecule has 2 rings (SSSR count). The highest BCUT2D eigenvalue weighted by molar-refractivity contribution is 5.40. The maximum Gasteiger partial charge on any atom is 0.161 e. The SMILES string of the molecule is COCCNCC(C)NCC1COc2ccccc2O1. The molecule has 0 saturated carbocycles. The van der Waals surface area contributed by atoms with Crippen molar-refractivity contribution in [3.8, 4) is 11.5 Å². The monoisotopic (exact) mass is 280 g/mol. The van der Waals surface area contributed by atoms with Gasteiger partial charge in [0.05, 0.1) is 6.61 Å². The molecular formula is C15H24N2O3. The highest BCUT2D eigenvalue weighted by Crippen LogP contribution is 2.30. The van der Waals surface area contributed by atoms with Crippen LogP contribution in [0.3, 0.4) is 0 Å². The van der Waals surface area contributed by atoms with E-state index in [0.717, 1.165) is 37.7 Å². The Bertz CT molecular complexity index is 400. The van der Waals surface area contributed by atoms with Crippen LogP contribution in [0.1, 0.15) is 6.92 Å². The molecule has 5 nitrogen and oxygen atoms in total. The maximum atomic E-state index is 5.90. The summed E-state index contributed by atoms with van der Waals surface area (Å²) in [5.41, 5.74) is 0. The molecule has 0 amide bonds. The third-order valence-electron chi connectivity index (χ3n) is 3.19. The van der Waals surface area contributed by atoms with Crippen molar-refractivity contribution in [2.24, 2.45) is 0 Å². The van der Waals surface area contributed by atoms with Crippen molar-refractivity contribution in [1.82, 2.24) is 10.6 Å². The topological polar surface area (TPSA) is 51.8 Å². The van der Waals surface area contributed by atoms with E-state index in [4.69, 9.17) is 14.2 Å². The van der Waals surface area contributed by atoms with Gasteiger partial charge in [0, 0.05) is 32.8 Å². The Balaban J connectivity index is 1.65. The average molecular weight is 280 g/mol. The first-order valence-electron chi connectivity index (χ1n) is 7.11. The van der Waals surface area contributed by atoms with Gasteiger partial charge in [-0.25, -0.2) is 0 Å². The first-order chi connectivity index (χ1) is 9.79. The largest absolute Gasteiger partial charge is 0.486 e. The van der Waals surface area contributed by atoms with E-state index in [2.05, 4.69) is 17.6 Å². The third-order valence-corrected chi connectivity index (χ3v) is 3.19. The molecule has 112 valence electrons. The molecule has 2 unspecified atom stereocenters. The summed E-state index contributed by atoms with van der Waals surface area (Å²) in [5.74, 6) is 1.66. The number of para-hydroxylation sites is 2. The molecule has 1 aromatic rings. The molecule has 1 aliphatic rings. The molecule has 1 heterocycles. The van der Waals surface area contributed by atoms with Crippen LogP contribution in [0, 0.1) is 0 Å². The van der Waals surface area contributed by atoms with Crippen molar-refractivity contribution in [3.05, 3.63) is 24.3 Å². The standard InChI is InChI=1S/C15H24N2O3/c1-12(9-16-7-8-18-2)17-10-13-11-19-14-5-3-4-6-15(14)20-13/h3-6,12-13,16-17H,7-11H2,1-2H3. The van der Waals surface area contributed by atoms with Gasteiger partial charge in [-0.15, -0.1) is 0 Å². The molecule has 0 fully saturated rings. The fourth-order valence-corrected chi connectivity index (χ4v) is 2.06. The lowest BCUT2D eigenvalue weighted by molar-refractivity contribution is 0.0885. The molecule has 1 aromatic carbocycles. The minimum atomic E-state index is 0.0614. The second kappa shape index (κ2) is 8.09. The van der Waals surface area contributed by atoms with Gasteiger partial charge in [0.15, 0.2) is 11.5 Å². The van der Waals surface area contributed by atoms with Gasteiger partial charge in [0.25, 0.3) is 0 Å². The molecule has 1 aliphatic heterocycles. The summed E-state index contributed by atoms with van der Waals surface area (Å²) >= 11 is 0. The van der Waals surface area contributed by atoms with Crippen LogP contribution in [-0.4, -0.2) is 52.1 Å². The zero-order valence-corrected chi connectivity index (χ0v) is 12.2. The van der Waals surface area contributed by atoms with E-state index in [-0.39, 0.29) is 6.10 Å². The van der Waals surface area contributed by atoms with Crippen LogP contribution >= 0.6 is 0 Å². The lowest BCUT2D eigenvalue weighted by Gasteiger charge is -2.27. The van der Waals surface area contributed by atoms with Gasteiger partial charge >= 0.3 is 0 Å². The molecular weight excluding hydrogens is 256 g/mol. The minimum Gasteiger partial charge on any atom is -0.486 e. The number of fused-ring (bicyclic) bond motifs is 1. The second-order valence-corrected chi connectivity index (χ2v) is 5.00. The Kier molecular flexibility index (Phi) is 6.11. The van der Waals surface area contributed by atoms with Crippen LogP contribution in [-0.2, 0) is 4.74 Å². The summed E-state index contributed by atoms with van der Waals surface area (Å²) in [4.78, 5) is 0. The van der Waals surface area contributed by atoms with Gasteiger partial charge in [-0.3, -0.25) is 0 Å². The fraction of sp³-hybridized carbons (Fsp3) is 0.600. The number of ether oxygens (including phenoxy) is 3. The van der Waals surface area contributed by atoms with E-state index in [0.29, 0.717) is 12.6 Å². The number of methoxy groups -OCH3 is 1. The van der Waals surface area contributed by atoms with E-state index in [1.54, 1.807) is 7.11 Å². The zero-order chi connectivity index (χ0) is 14.2. The molecule has 0 spiro atoms. The van der Waals surface area contributed by atoms with E-state index < -0.39 is 0 Å². The highest BCUT2D eigenvalue weighted by atomic mass is 16.6. The van der Waals surface area contributed by atoms with Crippen molar-refractivity contribution >= 4 is 0 Å². The number of rotatable bonds is 8. The molecule has 2 N–H and O–H groups in total. The van der Waals surface area contributed by atoms with Crippen LogP contribution in [0.4, 0.5) is 0 Å². The molecule has 0 aromatic heterocycles. The summed E-state index contributed by atoms with van der Waals surface area (Å²) in [5, 5.41) is 6.78. The summed E-state index contributed by atoms with van der Waals surface area (Å²) in [6, 6.07) is 8.17. The second-order valence-electron chi connectivity index (χ2n) is 5.00. The predicted molar refractivity (Wildman–Crippen MR) is 78.6 cm³/mol. The average Bonchev–Trinajstić information content (AvgIpc) is 2.49. The zero-order valence-electron chi connectivity index (χ0n) is 12.2. The van der Waals surface area contributed by atoms with Gasteiger partial charge in [0.1, 0.15) is 12.7 Å². The van der Waals surface area contributed by atoms with Gasteiger partial charge in [0.2, 0.25) is 0 Å². The van der Waals surface area contributed by atoms with Crippen LogP contribution < -0.4 is 20.1 Å². The van der Waals surface area contributed by atoms with Crippen LogP contribution in [0.15, 0.2) is 24.3 Å². The number of hydrogen-bond acceptors (Lipinski definition) is 5. The fourth-order valence-electron chi connectivity index (χ4n) is 2.06. The van der Waals surface area contributed by atoms with E-state index in [1.165, 1.54) is 0 Å².